The third kappa shape index (κ3) is 4.31. The fourth-order valence-corrected chi connectivity index (χ4v) is 2.42. The summed E-state index contributed by atoms with van der Waals surface area (Å²) >= 11 is 0. The van der Waals surface area contributed by atoms with Crippen molar-refractivity contribution in [3.05, 3.63) is 57.4 Å². The third-order valence-electron chi connectivity index (χ3n) is 3.92. The number of aromatic nitrogens is 2. The van der Waals surface area contributed by atoms with E-state index in [1.807, 2.05) is 39.0 Å². The summed E-state index contributed by atoms with van der Waals surface area (Å²) in [4.78, 5) is 22.0. The van der Waals surface area contributed by atoms with Crippen molar-refractivity contribution in [1.29, 1.82) is 0 Å². The number of carbonyl (C=O) groups excluding carboxylic acids is 1. The Bertz CT molecular complexity index is 741. The summed E-state index contributed by atoms with van der Waals surface area (Å²) in [7, 11) is 0. The lowest BCUT2D eigenvalue weighted by Gasteiger charge is -2.18. The molecule has 2 amide bonds. The topological polar surface area (TPSA) is 102 Å². The molecule has 1 unspecified atom stereocenters. The first-order valence-electron chi connectivity index (χ1n) is 7.66. The molecule has 0 spiro atoms. The zero-order chi connectivity index (χ0) is 17.7. The summed E-state index contributed by atoms with van der Waals surface area (Å²) in [5.41, 5.74) is 3.35. The van der Waals surface area contributed by atoms with Crippen molar-refractivity contribution in [2.24, 2.45) is 0 Å². The fourth-order valence-electron chi connectivity index (χ4n) is 2.42. The van der Waals surface area contributed by atoms with Crippen LogP contribution in [0.4, 0.5) is 10.5 Å². The Morgan fingerprint density at radius 2 is 2.17 bits per heavy atom. The molecule has 2 rings (SSSR count). The van der Waals surface area contributed by atoms with Crippen LogP contribution in [0.1, 0.15) is 29.7 Å². The van der Waals surface area contributed by atoms with Gasteiger partial charge in [-0.3, -0.25) is 14.8 Å². The highest BCUT2D eigenvalue weighted by atomic mass is 16.6. The SMILES string of the molecule is Cc1cccc(C(C)NC(=O)NCCn2cc([N+](=O)[O-])cn2)c1C. The van der Waals surface area contributed by atoms with Gasteiger partial charge in [0.15, 0.2) is 0 Å². The lowest BCUT2D eigenvalue weighted by atomic mass is 9.98. The molecule has 0 saturated carbocycles. The number of hydrogen-bond donors (Lipinski definition) is 2. The number of hydrogen-bond acceptors (Lipinski definition) is 4. The number of amides is 2. The molecule has 8 heteroatoms. The van der Waals surface area contributed by atoms with E-state index in [-0.39, 0.29) is 17.8 Å². The lowest BCUT2D eigenvalue weighted by molar-refractivity contribution is -0.385. The summed E-state index contributed by atoms with van der Waals surface area (Å²) in [6, 6.07) is 5.60. The monoisotopic (exact) mass is 331 g/mol. The first-order chi connectivity index (χ1) is 11.4. The van der Waals surface area contributed by atoms with E-state index >= 15 is 0 Å². The zero-order valence-electron chi connectivity index (χ0n) is 13.9. The van der Waals surface area contributed by atoms with Gasteiger partial charge in [-0.15, -0.1) is 0 Å². The summed E-state index contributed by atoms with van der Waals surface area (Å²) in [6.45, 7) is 6.68. The number of aryl methyl sites for hydroxylation is 1. The fraction of sp³-hybridized carbons (Fsp3) is 0.375. The first-order valence-corrected chi connectivity index (χ1v) is 7.66. The highest BCUT2D eigenvalue weighted by Crippen LogP contribution is 2.19. The van der Waals surface area contributed by atoms with Gasteiger partial charge in [0.05, 0.1) is 17.5 Å². The summed E-state index contributed by atoms with van der Waals surface area (Å²) in [6.07, 6.45) is 2.51. The number of rotatable bonds is 6. The molecule has 1 heterocycles. The number of nitro groups is 1. The molecule has 0 aliphatic carbocycles. The Morgan fingerprint density at radius 3 is 2.83 bits per heavy atom. The van der Waals surface area contributed by atoms with Gasteiger partial charge in [0.1, 0.15) is 12.4 Å². The van der Waals surface area contributed by atoms with Crippen molar-refractivity contribution in [1.82, 2.24) is 20.4 Å². The maximum Gasteiger partial charge on any atom is 0.315 e. The molecule has 0 radical (unpaired) electrons. The van der Waals surface area contributed by atoms with Crippen molar-refractivity contribution >= 4 is 11.7 Å². The standard InChI is InChI=1S/C16H21N5O3/c1-11-5-4-6-15(12(11)2)13(3)19-16(22)17-7-8-20-10-14(9-18-20)21(23)24/h4-6,9-10,13H,7-8H2,1-3H3,(H2,17,19,22). The Hall–Kier alpha value is -2.90. The van der Waals surface area contributed by atoms with Gasteiger partial charge in [-0.2, -0.15) is 5.10 Å². The van der Waals surface area contributed by atoms with Crippen molar-refractivity contribution in [3.63, 3.8) is 0 Å². The molecule has 2 N–H and O–H groups in total. The van der Waals surface area contributed by atoms with E-state index in [4.69, 9.17) is 0 Å². The highest BCUT2D eigenvalue weighted by molar-refractivity contribution is 5.74. The summed E-state index contributed by atoms with van der Waals surface area (Å²) in [5.74, 6) is 0. The van der Waals surface area contributed by atoms with Crippen LogP contribution in [0.15, 0.2) is 30.6 Å². The molecular weight excluding hydrogens is 310 g/mol. The van der Waals surface area contributed by atoms with E-state index in [1.54, 1.807) is 0 Å². The van der Waals surface area contributed by atoms with E-state index < -0.39 is 4.92 Å². The summed E-state index contributed by atoms with van der Waals surface area (Å²) in [5, 5.41) is 20.1. The van der Waals surface area contributed by atoms with Crippen molar-refractivity contribution < 1.29 is 9.72 Å². The molecule has 1 aromatic carbocycles. The van der Waals surface area contributed by atoms with Gasteiger partial charge in [-0.1, -0.05) is 18.2 Å². The predicted molar refractivity (Wildman–Crippen MR) is 89.7 cm³/mol. The van der Waals surface area contributed by atoms with Gasteiger partial charge in [0, 0.05) is 6.54 Å². The molecule has 0 fully saturated rings. The predicted octanol–water partition coefficient (Wildman–Crippen LogP) is 2.47. The molecule has 1 aromatic heterocycles. The van der Waals surface area contributed by atoms with Gasteiger partial charge >= 0.3 is 11.7 Å². The van der Waals surface area contributed by atoms with Crippen molar-refractivity contribution in [2.75, 3.05) is 6.54 Å². The second kappa shape index (κ2) is 7.58. The zero-order valence-corrected chi connectivity index (χ0v) is 13.9. The van der Waals surface area contributed by atoms with E-state index in [0.717, 1.165) is 11.1 Å². The molecule has 128 valence electrons. The third-order valence-corrected chi connectivity index (χ3v) is 3.92. The minimum Gasteiger partial charge on any atom is -0.336 e. The van der Waals surface area contributed by atoms with Crippen molar-refractivity contribution in [3.8, 4) is 0 Å². The number of nitrogens with zero attached hydrogens (tertiary/aromatic N) is 3. The molecule has 0 aliphatic heterocycles. The second-order valence-corrected chi connectivity index (χ2v) is 5.63. The molecule has 24 heavy (non-hydrogen) atoms. The highest BCUT2D eigenvalue weighted by Gasteiger charge is 2.12. The van der Waals surface area contributed by atoms with Gasteiger partial charge in [0.2, 0.25) is 0 Å². The van der Waals surface area contributed by atoms with Crippen molar-refractivity contribution in [2.45, 2.75) is 33.4 Å². The molecule has 8 nitrogen and oxygen atoms in total. The van der Waals surface area contributed by atoms with E-state index in [2.05, 4.69) is 15.7 Å². The van der Waals surface area contributed by atoms with Gasteiger partial charge < -0.3 is 10.6 Å². The largest absolute Gasteiger partial charge is 0.336 e. The minimum atomic E-state index is -0.504. The van der Waals surface area contributed by atoms with Crippen LogP contribution in [0.5, 0.6) is 0 Å². The van der Waals surface area contributed by atoms with Crippen LogP contribution in [-0.2, 0) is 6.54 Å². The Balaban J connectivity index is 1.82. The van der Waals surface area contributed by atoms with E-state index in [9.17, 15) is 14.9 Å². The van der Waals surface area contributed by atoms with Crippen LogP contribution in [0.3, 0.4) is 0 Å². The maximum absolute atomic E-state index is 12.0. The van der Waals surface area contributed by atoms with Gasteiger partial charge in [0.25, 0.3) is 0 Å². The Morgan fingerprint density at radius 1 is 1.42 bits per heavy atom. The van der Waals surface area contributed by atoms with Crippen LogP contribution in [0.25, 0.3) is 0 Å². The van der Waals surface area contributed by atoms with Crippen LogP contribution in [-0.4, -0.2) is 27.3 Å². The van der Waals surface area contributed by atoms with Crippen LogP contribution in [0.2, 0.25) is 0 Å². The molecule has 0 aliphatic rings. The Labute approximate surface area is 140 Å². The van der Waals surface area contributed by atoms with Gasteiger partial charge in [-0.05, 0) is 37.5 Å². The normalized spacial score (nSPS) is 11.8. The molecule has 0 bridgehead atoms. The van der Waals surface area contributed by atoms with Crippen LogP contribution in [0, 0.1) is 24.0 Å². The van der Waals surface area contributed by atoms with Crippen LogP contribution < -0.4 is 10.6 Å². The number of benzene rings is 1. The molecular formula is C16H21N5O3. The van der Waals surface area contributed by atoms with E-state index in [0.29, 0.717) is 13.1 Å². The average Bonchev–Trinajstić information content (AvgIpc) is 2.99. The lowest BCUT2D eigenvalue weighted by Crippen LogP contribution is -2.38. The van der Waals surface area contributed by atoms with E-state index in [1.165, 1.54) is 22.6 Å². The van der Waals surface area contributed by atoms with Gasteiger partial charge in [-0.25, -0.2) is 4.79 Å². The van der Waals surface area contributed by atoms with Crippen LogP contribution >= 0.6 is 0 Å². The first kappa shape index (κ1) is 17.5. The molecule has 2 aromatic rings. The second-order valence-electron chi connectivity index (χ2n) is 5.63. The summed E-state index contributed by atoms with van der Waals surface area (Å²) < 4.78 is 1.42. The molecule has 0 saturated heterocycles. The molecule has 1 atom stereocenters. The minimum absolute atomic E-state index is 0.0667. The number of urea groups is 1. The number of nitrogens with one attached hydrogen (secondary N) is 2. The number of carbonyl (C=O) groups is 1. The average molecular weight is 331 g/mol. The maximum atomic E-state index is 12.0. The Kier molecular flexibility index (Phi) is 5.51. The smallest absolute Gasteiger partial charge is 0.315 e. The quantitative estimate of drug-likeness (QED) is 0.627.